The number of nitrogens with zero attached hydrogens (tertiary/aromatic N) is 6. The second-order valence-corrected chi connectivity index (χ2v) is 9.03. The summed E-state index contributed by atoms with van der Waals surface area (Å²) in [6, 6.07) is 0. The molecule has 1 aromatic rings. The highest BCUT2D eigenvalue weighted by Crippen LogP contribution is 2.21. The van der Waals surface area contributed by atoms with Gasteiger partial charge in [-0.1, -0.05) is 6.42 Å². The van der Waals surface area contributed by atoms with Crippen LogP contribution in [0, 0.1) is 5.92 Å². The average molecular weight is 574 g/mol. The van der Waals surface area contributed by atoms with E-state index < -0.39 is 0 Å². The number of piperidine rings is 1. The Kier molecular flexibility index (Phi) is 10.7. The van der Waals surface area contributed by atoms with E-state index in [-0.39, 0.29) is 29.9 Å². The maximum Gasteiger partial charge on any atom is 0.225 e. The zero-order valence-electron chi connectivity index (χ0n) is 20.0. The van der Waals surface area contributed by atoms with Crippen molar-refractivity contribution in [1.29, 1.82) is 0 Å². The lowest BCUT2D eigenvalue weighted by atomic mass is 9.95. The molecule has 186 valence electrons. The SMILES string of the molecule is CCNC(=NCCCc1nnc2n1CCCCC2)N1CCC(C(=O)N2CCOCC2)CC1.I. The first-order valence-corrected chi connectivity index (χ1v) is 12.6. The topological polar surface area (TPSA) is 87.9 Å². The minimum absolute atomic E-state index is 0. The zero-order chi connectivity index (χ0) is 22.2. The minimum atomic E-state index is 0. The number of nitrogens with one attached hydrogen (secondary N) is 1. The van der Waals surface area contributed by atoms with E-state index in [0.29, 0.717) is 19.1 Å². The number of amides is 1. The molecule has 33 heavy (non-hydrogen) atoms. The molecule has 3 aliphatic rings. The Hall–Kier alpha value is -1.43. The van der Waals surface area contributed by atoms with Crippen LogP contribution < -0.4 is 5.32 Å². The van der Waals surface area contributed by atoms with Gasteiger partial charge >= 0.3 is 0 Å². The van der Waals surface area contributed by atoms with Crippen LogP contribution in [0.2, 0.25) is 0 Å². The second-order valence-electron chi connectivity index (χ2n) is 9.03. The number of aromatic nitrogens is 3. The van der Waals surface area contributed by atoms with E-state index in [4.69, 9.17) is 9.73 Å². The smallest absolute Gasteiger partial charge is 0.225 e. The van der Waals surface area contributed by atoms with Crippen molar-refractivity contribution in [3.05, 3.63) is 11.6 Å². The number of rotatable bonds is 6. The summed E-state index contributed by atoms with van der Waals surface area (Å²) >= 11 is 0. The molecule has 1 amide bonds. The van der Waals surface area contributed by atoms with E-state index in [1.807, 2.05) is 4.90 Å². The van der Waals surface area contributed by atoms with E-state index in [1.54, 1.807) is 0 Å². The van der Waals surface area contributed by atoms with Gasteiger partial charge in [0.25, 0.3) is 0 Å². The molecule has 0 bridgehead atoms. The number of hydrogen-bond acceptors (Lipinski definition) is 5. The Balaban J connectivity index is 0.00000306. The summed E-state index contributed by atoms with van der Waals surface area (Å²) in [4.78, 5) is 22.0. The van der Waals surface area contributed by atoms with Gasteiger partial charge < -0.3 is 24.4 Å². The van der Waals surface area contributed by atoms with Gasteiger partial charge in [-0.25, -0.2) is 0 Å². The van der Waals surface area contributed by atoms with E-state index >= 15 is 0 Å². The van der Waals surface area contributed by atoms with Crippen LogP contribution in [0.4, 0.5) is 0 Å². The van der Waals surface area contributed by atoms with Gasteiger partial charge in [0.05, 0.1) is 13.2 Å². The van der Waals surface area contributed by atoms with E-state index in [2.05, 4.69) is 31.9 Å². The van der Waals surface area contributed by atoms with Crippen molar-refractivity contribution >= 4 is 35.8 Å². The number of aryl methyl sites for hydroxylation is 2. The number of guanidine groups is 1. The fraction of sp³-hybridized carbons (Fsp3) is 0.826. The number of hydrogen-bond donors (Lipinski definition) is 1. The summed E-state index contributed by atoms with van der Waals surface area (Å²) in [7, 11) is 0. The molecule has 10 heteroatoms. The minimum Gasteiger partial charge on any atom is -0.378 e. The predicted octanol–water partition coefficient (Wildman–Crippen LogP) is 2.09. The second kappa shape index (κ2) is 13.5. The summed E-state index contributed by atoms with van der Waals surface area (Å²) in [5, 5.41) is 12.3. The number of ether oxygens (including phenoxy) is 1. The first kappa shape index (κ1) is 26.2. The number of morpholine rings is 1. The standard InChI is InChI=1S/C23H39N7O2.HI/c1-2-24-23(25-11-6-8-21-27-26-20-7-4-3-5-12-30(20)21)29-13-9-19(10-14-29)22(31)28-15-17-32-18-16-28;/h19H,2-18H2,1H3,(H,24,25);1H. The number of carbonyl (C=O) groups excluding carboxylic acids is 1. The maximum absolute atomic E-state index is 12.8. The molecule has 0 atom stereocenters. The van der Waals surface area contributed by atoms with Gasteiger partial charge in [-0.3, -0.25) is 9.79 Å². The van der Waals surface area contributed by atoms with Crippen LogP contribution in [-0.2, 0) is 28.9 Å². The fourth-order valence-electron chi connectivity index (χ4n) is 4.96. The van der Waals surface area contributed by atoms with E-state index in [9.17, 15) is 4.79 Å². The summed E-state index contributed by atoms with van der Waals surface area (Å²) in [5.41, 5.74) is 0. The Morgan fingerprint density at radius 3 is 2.61 bits per heavy atom. The van der Waals surface area contributed by atoms with Crippen LogP contribution in [0.5, 0.6) is 0 Å². The van der Waals surface area contributed by atoms with Crippen molar-refractivity contribution in [2.45, 2.75) is 64.8 Å². The zero-order valence-corrected chi connectivity index (χ0v) is 22.3. The molecular weight excluding hydrogens is 533 g/mol. The maximum atomic E-state index is 12.8. The highest BCUT2D eigenvalue weighted by molar-refractivity contribution is 14.0. The fourth-order valence-corrected chi connectivity index (χ4v) is 4.96. The molecule has 1 N–H and O–H groups in total. The predicted molar refractivity (Wildman–Crippen MR) is 139 cm³/mol. The van der Waals surface area contributed by atoms with Gasteiger partial charge in [-0.15, -0.1) is 34.2 Å². The monoisotopic (exact) mass is 573 g/mol. The normalized spacial score (nSPS) is 20.1. The molecule has 3 aliphatic heterocycles. The molecule has 2 fully saturated rings. The molecule has 1 aromatic heterocycles. The van der Waals surface area contributed by atoms with Gasteiger partial charge in [0.15, 0.2) is 5.96 Å². The number of likely N-dealkylation sites (tertiary alicyclic amines) is 1. The molecule has 4 rings (SSSR count). The van der Waals surface area contributed by atoms with Crippen LogP contribution in [-0.4, -0.2) is 88.9 Å². The van der Waals surface area contributed by atoms with Crippen molar-refractivity contribution in [3.63, 3.8) is 0 Å². The van der Waals surface area contributed by atoms with E-state index in [0.717, 1.165) is 95.5 Å². The van der Waals surface area contributed by atoms with Crippen molar-refractivity contribution in [2.75, 3.05) is 52.5 Å². The lowest BCUT2D eigenvalue weighted by Gasteiger charge is -2.36. The highest BCUT2D eigenvalue weighted by atomic mass is 127. The van der Waals surface area contributed by atoms with E-state index in [1.165, 1.54) is 19.3 Å². The molecule has 0 aromatic carbocycles. The van der Waals surface area contributed by atoms with Crippen molar-refractivity contribution < 1.29 is 9.53 Å². The molecule has 4 heterocycles. The Morgan fingerprint density at radius 1 is 1.06 bits per heavy atom. The summed E-state index contributed by atoms with van der Waals surface area (Å²) < 4.78 is 7.71. The van der Waals surface area contributed by atoms with Crippen molar-refractivity contribution in [2.24, 2.45) is 10.9 Å². The molecule has 0 saturated carbocycles. The van der Waals surface area contributed by atoms with Gasteiger partial charge in [0, 0.05) is 64.6 Å². The molecule has 2 saturated heterocycles. The molecule has 0 radical (unpaired) electrons. The largest absolute Gasteiger partial charge is 0.378 e. The van der Waals surface area contributed by atoms with Crippen molar-refractivity contribution in [3.8, 4) is 0 Å². The summed E-state index contributed by atoms with van der Waals surface area (Å²) in [6.07, 6.45) is 8.48. The lowest BCUT2D eigenvalue weighted by Crippen LogP contribution is -2.50. The lowest BCUT2D eigenvalue weighted by molar-refractivity contribution is -0.140. The quantitative estimate of drug-likeness (QED) is 0.243. The molecular formula is C23H40IN7O2. The molecule has 0 unspecified atom stereocenters. The number of carbonyl (C=O) groups is 1. The number of aliphatic imine (C=N–C) groups is 1. The van der Waals surface area contributed by atoms with Gasteiger partial charge in [-0.05, 0) is 39.0 Å². The molecule has 0 aliphatic carbocycles. The summed E-state index contributed by atoms with van der Waals surface area (Å²) in [6.45, 7) is 9.35. The molecule has 9 nitrogen and oxygen atoms in total. The van der Waals surface area contributed by atoms with Crippen LogP contribution in [0.15, 0.2) is 4.99 Å². The average Bonchev–Trinajstić information content (AvgIpc) is 3.06. The third-order valence-corrected chi connectivity index (χ3v) is 6.81. The van der Waals surface area contributed by atoms with Crippen LogP contribution >= 0.6 is 24.0 Å². The van der Waals surface area contributed by atoms with Crippen LogP contribution in [0.1, 0.15) is 57.1 Å². The van der Waals surface area contributed by atoms with Crippen LogP contribution in [0.3, 0.4) is 0 Å². The Bertz CT molecular complexity index is 771. The third-order valence-electron chi connectivity index (χ3n) is 6.81. The third kappa shape index (κ3) is 7.03. The van der Waals surface area contributed by atoms with Gasteiger partial charge in [-0.2, -0.15) is 0 Å². The first-order valence-electron chi connectivity index (χ1n) is 12.6. The van der Waals surface area contributed by atoms with Gasteiger partial charge in [0.1, 0.15) is 11.6 Å². The first-order chi connectivity index (χ1) is 15.8. The Morgan fingerprint density at radius 2 is 1.85 bits per heavy atom. The van der Waals surface area contributed by atoms with Gasteiger partial charge in [0.2, 0.25) is 5.91 Å². The van der Waals surface area contributed by atoms with Crippen molar-refractivity contribution in [1.82, 2.24) is 29.9 Å². The Labute approximate surface area is 214 Å². The highest BCUT2D eigenvalue weighted by Gasteiger charge is 2.30. The van der Waals surface area contributed by atoms with Crippen LogP contribution in [0.25, 0.3) is 0 Å². The summed E-state index contributed by atoms with van der Waals surface area (Å²) in [5.74, 6) is 3.69. The number of fused-ring (bicyclic) bond motifs is 1. The molecule has 0 spiro atoms. The number of halogens is 1.